The first-order valence-corrected chi connectivity index (χ1v) is 10.9. The second-order valence-corrected chi connectivity index (χ2v) is 8.61. The van der Waals surface area contributed by atoms with E-state index < -0.39 is 0 Å². The molecule has 0 aromatic heterocycles. The summed E-state index contributed by atoms with van der Waals surface area (Å²) in [5.74, 6) is 1.60. The highest BCUT2D eigenvalue weighted by molar-refractivity contribution is 6.00. The van der Waals surface area contributed by atoms with Crippen molar-refractivity contribution in [2.24, 2.45) is 10.9 Å². The fourth-order valence-electron chi connectivity index (χ4n) is 3.96. The summed E-state index contributed by atoms with van der Waals surface area (Å²) >= 11 is 0. The number of aryl methyl sites for hydroxylation is 1. The predicted molar refractivity (Wildman–Crippen MR) is 127 cm³/mol. The Labute approximate surface area is 180 Å². The lowest BCUT2D eigenvalue weighted by molar-refractivity contribution is 0.531. The zero-order valence-corrected chi connectivity index (χ0v) is 18.1. The summed E-state index contributed by atoms with van der Waals surface area (Å²) in [7, 11) is 0. The molecule has 3 nitrogen and oxygen atoms in total. The molecule has 0 aliphatic carbocycles. The van der Waals surface area contributed by atoms with Crippen LogP contribution >= 0.6 is 0 Å². The van der Waals surface area contributed by atoms with Gasteiger partial charge in [-0.25, -0.2) is 0 Å². The van der Waals surface area contributed by atoms with Crippen LogP contribution in [0.2, 0.25) is 0 Å². The van der Waals surface area contributed by atoms with Gasteiger partial charge in [-0.1, -0.05) is 86.1 Å². The summed E-state index contributed by atoms with van der Waals surface area (Å²) in [6.45, 7) is 7.46. The van der Waals surface area contributed by atoms with Crippen LogP contribution in [-0.2, 0) is 0 Å². The molecular formula is C27H31N3. The SMILES string of the molecule is Cc1ccc(NC(CC(C)C)c2ccc(C3=NCC(c4ccccc4)N3)cc2)cc1. The van der Waals surface area contributed by atoms with E-state index in [0.29, 0.717) is 5.92 Å². The van der Waals surface area contributed by atoms with Gasteiger partial charge < -0.3 is 10.6 Å². The Balaban J connectivity index is 1.47. The van der Waals surface area contributed by atoms with Crippen LogP contribution < -0.4 is 10.6 Å². The number of hydrogen-bond donors (Lipinski definition) is 2. The van der Waals surface area contributed by atoms with Crippen molar-refractivity contribution in [2.45, 2.75) is 39.3 Å². The molecule has 2 unspecified atom stereocenters. The van der Waals surface area contributed by atoms with Crippen molar-refractivity contribution in [1.29, 1.82) is 0 Å². The molecule has 0 fully saturated rings. The van der Waals surface area contributed by atoms with Crippen LogP contribution in [0.3, 0.4) is 0 Å². The lowest BCUT2D eigenvalue weighted by Crippen LogP contribution is -2.24. The molecule has 0 amide bonds. The van der Waals surface area contributed by atoms with Crippen LogP contribution in [0.4, 0.5) is 5.69 Å². The number of anilines is 1. The molecule has 4 rings (SSSR count). The Morgan fingerprint density at radius 3 is 2.30 bits per heavy atom. The van der Waals surface area contributed by atoms with Gasteiger partial charge in [0.1, 0.15) is 5.84 Å². The maximum atomic E-state index is 4.75. The third-order valence-corrected chi connectivity index (χ3v) is 5.63. The number of aliphatic imine (C=N–C) groups is 1. The van der Waals surface area contributed by atoms with Gasteiger partial charge in [0.2, 0.25) is 0 Å². The quantitative estimate of drug-likeness (QED) is 0.492. The molecule has 2 atom stereocenters. The molecule has 1 aliphatic rings. The minimum absolute atomic E-state index is 0.262. The number of hydrogen-bond acceptors (Lipinski definition) is 3. The molecule has 0 bridgehead atoms. The molecule has 3 heteroatoms. The Morgan fingerprint density at radius 1 is 0.933 bits per heavy atom. The van der Waals surface area contributed by atoms with Crippen molar-refractivity contribution < 1.29 is 0 Å². The van der Waals surface area contributed by atoms with Crippen molar-refractivity contribution in [3.05, 3.63) is 101 Å². The number of amidine groups is 1. The number of nitrogens with one attached hydrogen (secondary N) is 2. The fraction of sp³-hybridized carbons (Fsp3) is 0.296. The van der Waals surface area contributed by atoms with Crippen molar-refractivity contribution in [2.75, 3.05) is 11.9 Å². The van der Waals surface area contributed by atoms with Crippen molar-refractivity contribution in [3.63, 3.8) is 0 Å². The zero-order valence-electron chi connectivity index (χ0n) is 18.1. The second-order valence-electron chi connectivity index (χ2n) is 8.61. The van der Waals surface area contributed by atoms with Gasteiger partial charge >= 0.3 is 0 Å². The molecule has 0 saturated carbocycles. The van der Waals surface area contributed by atoms with E-state index in [2.05, 4.69) is 110 Å². The average molecular weight is 398 g/mol. The maximum absolute atomic E-state index is 4.75. The predicted octanol–water partition coefficient (Wildman–Crippen LogP) is 6.29. The van der Waals surface area contributed by atoms with Crippen LogP contribution in [0.25, 0.3) is 0 Å². The second kappa shape index (κ2) is 9.17. The van der Waals surface area contributed by atoms with Gasteiger partial charge in [-0.05, 0) is 42.5 Å². The third kappa shape index (κ3) is 4.91. The van der Waals surface area contributed by atoms with Gasteiger partial charge in [-0.3, -0.25) is 4.99 Å². The average Bonchev–Trinajstić information content (AvgIpc) is 3.26. The molecule has 1 heterocycles. The zero-order chi connectivity index (χ0) is 20.9. The van der Waals surface area contributed by atoms with E-state index in [1.54, 1.807) is 0 Å². The van der Waals surface area contributed by atoms with Gasteiger partial charge in [-0.15, -0.1) is 0 Å². The third-order valence-electron chi connectivity index (χ3n) is 5.63. The van der Waals surface area contributed by atoms with E-state index in [1.807, 2.05) is 0 Å². The van der Waals surface area contributed by atoms with Crippen LogP contribution in [0.15, 0.2) is 83.9 Å². The van der Waals surface area contributed by atoms with E-state index >= 15 is 0 Å². The molecule has 154 valence electrons. The highest BCUT2D eigenvalue weighted by Crippen LogP contribution is 2.27. The minimum Gasteiger partial charge on any atom is -0.378 e. The summed E-state index contributed by atoms with van der Waals surface area (Å²) in [5, 5.41) is 7.31. The monoisotopic (exact) mass is 397 g/mol. The fourth-order valence-corrected chi connectivity index (χ4v) is 3.96. The standard InChI is InChI=1S/C27H31N3/c1-19(2)17-25(29-24-15-9-20(3)10-16-24)22-11-13-23(14-12-22)27-28-18-26(30-27)21-7-5-4-6-8-21/h4-16,19,25-26,29H,17-18H2,1-3H3,(H,28,30). The molecular weight excluding hydrogens is 366 g/mol. The topological polar surface area (TPSA) is 36.4 Å². The maximum Gasteiger partial charge on any atom is 0.128 e. The number of benzene rings is 3. The van der Waals surface area contributed by atoms with E-state index in [-0.39, 0.29) is 12.1 Å². The first kappa shape index (κ1) is 20.2. The number of rotatable bonds is 7. The van der Waals surface area contributed by atoms with Crippen LogP contribution in [-0.4, -0.2) is 12.4 Å². The first-order chi connectivity index (χ1) is 14.6. The largest absolute Gasteiger partial charge is 0.378 e. The first-order valence-electron chi connectivity index (χ1n) is 10.9. The molecule has 0 radical (unpaired) electrons. The van der Waals surface area contributed by atoms with E-state index in [0.717, 1.165) is 24.4 Å². The Hall–Kier alpha value is -3.07. The summed E-state index contributed by atoms with van der Waals surface area (Å²) in [6.07, 6.45) is 1.09. The Kier molecular flexibility index (Phi) is 6.18. The van der Waals surface area contributed by atoms with Crippen LogP contribution in [0, 0.1) is 12.8 Å². The van der Waals surface area contributed by atoms with Gasteiger partial charge in [0.05, 0.1) is 18.6 Å². The van der Waals surface area contributed by atoms with Crippen molar-refractivity contribution in [3.8, 4) is 0 Å². The van der Waals surface area contributed by atoms with Gasteiger partial charge in [0, 0.05) is 11.3 Å². The summed E-state index contributed by atoms with van der Waals surface area (Å²) in [5.41, 5.74) is 6.20. The van der Waals surface area contributed by atoms with E-state index in [1.165, 1.54) is 22.4 Å². The van der Waals surface area contributed by atoms with Crippen LogP contribution in [0.1, 0.15) is 54.6 Å². The van der Waals surface area contributed by atoms with Crippen molar-refractivity contribution >= 4 is 11.5 Å². The van der Waals surface area contributed by atoms with E-state index in [9.17, 15) is 0 Å². The van der Waals surface area contributed by atoms with Crippen LogP contribution in [0.5, 0.6) is 0 Å². The van der Waals surface area contributed by atoms with E-state index in [4.69, 9.17) is 4.99 Å². The number of nitrogens with zero attached hydrogens (tertiary/aromatic N) is 1. The van der Waals surface area contributed by atoms with Gasteiger partial charge in [0.25, 0.3) is 0 Å². The molecule has 3 aromatic rings. The lowest BCUT2D eigenvalue weighted by atomic mass is 9.95. The van der Waals surface area contributed by atoms with Crippen molar-refractivity contribution in [1.82, 2.24) is 5.32 Å². The normalized spacial score (nSPS) is 16.8. The molecule has 30 heavy (non-hydrogen) atoms. The molecule has 2 N–H and O–H groups in total. The summed E-state index contributed by atoms with van der Waals surface area (Å²) in [4.78, 5) is 4.75. The minimum atomic E-state index is 0.262. The highest BCUT2D eigenvalue weighted by Gasteiger charge is 2.20. The molecule has 3 aromatic carbocycles. The summed E-state index contributed by atoms with van der Waals surface area (Å²) < 4.78 is 0. The molecule has 1 aliphatic heterocycles. The van der Waals surface area contributed by atoms with Gasteiger partial charge in [0.15, 0.2) is 0 Å². The Bertz CT molecular complexity index is 973. The molecule has 0 saturated heterocycles. The summed E-state index contributed by atoms with van der Waals surface area (Å²) in [6, 6.07) is 28.6. The lowest BCUT2D eigenvalue weighted by Gasteiger charge is -2.23. The van der Waals surface area contributed by atoms with Gasteiger partial charge in [-0.2, -0.15) is 0 Å². The smallest absolute Gasteiger partial charge is 0.128 e. The molecule has 0 spiro atoms. The highest BCUT2D eigenvalue weighted by atomic mass is 15.1. The Morgan fingerprint density at radius 2 is 1.63 bits per heavy atom.